The first kappa shape index (κ1) is 13.1. The minimum absolute atomic E-state index is 0.508. The monoisotopic (exact) mass is 281 g/mol. The smallest absolute Gasteiger partial charge is 0.204 e. The van der Waals surface area contributed by atoms with Gasteiger partial charge in [-0.05, 0) is 22.9 Å². The van der Waals surface area contributed by atoms with Crippen LogP contribution in [0, 0.1) is 0 Å². The van der Waals surface area contributed by atoms with E-state index in [1.165, 1.54) is 0 Å². The van der Waals surface area contributed by atoms with Gasteiger partial charge in [0.2, 0.25) is 5.82 Å². The summed E-state index contributed by atoms with van der Waals surface area (Å²) in [6.07, 6.45) is 0. The number of hydrogen-bond donors (Lipinski definition) is 1. The molecule has 21 heavy (non-hydrogen) atoms. The molecule has 0 saturated carbocycles. The first-order valence-electron chi connectivity index (χ1n) is 6.52. The maximum Gasteiger partial charge on any atom is 0.204 e. The second kappa shape index (κ2) is 5.62. The van der Waals surface area contributed by atoms with E-state index in [1.54, 1.807) is 11.9 Å². The maximum atomic E-state index is 5.89. The minimum Gasteiger partial charge on any atom is -0.495 e. The fourth-order valence-corrected chi connectivity index (χ4v) is 2.06. The highest BCUT2D eigenvalue weighted by Gasteiger charge is 2.07. The second-order valence-electron chi connectivity index (χ2n) is 4.59. The number of aromatic nitrogens is 4. The molecule has 2 aromatic carbocycles. The van der Waals surface area contributed by atoms with E-state index in [0.717, 1.165) is 11.1 Å². The van der Waals surface area contributed by atoms with Crippen LogP contribution in [0.25, 0.3) is 11.4 Å². The number of nitrogen functional groups attached to an aromatic ring is 1. The summed E-state index contributed by atoms with van der Waals surface area (Å²) in [4.78, 5) is 1.55. The Labute approximate surface area is 122 Å². The standard InChI is InChI=1S/C15H15N5O/c1-21-14-8-7-11(9-13(14)16)10-20-18-15(17-19-20)12-5-3-2-4-6-12/h2-9H,10,16H2,1H3. The molecule has 1 aromatic heterocycles. The molecule has 0 aliphatic rings. The Morgan fingerprint density at radius 2 is 1.95 bits per heavy atom. The fourth-order valence-electron chi connectivity index (χ4n) is 2.06. The van der Waals surface area contributed by atoms with Crippen LogP contribution >= 0.6 is 0 Å². The van der Waals surface area contributed by atoms with Crippen molar-refractivity contribution in [3.8, 4) is 17.1 Å². The number of hydrogen-bond acceptors (Lipinski definition) is 5. The van der Waals surface area contributed by atoms with E-state index in [-0.39, 0.29) is 0 Å². The quantitative estimate of drug-likeness (QED) is 0.740. The molecule has 0 amide bonds. The topological polar surface area (TPSA) is 78.8 Å². The van der Waals surface area contributed by atoms with E-state index in [0.29, 0.717) is 23.8 Å². The van der Waals surface area contributed by atoms with Crippen LogP contribution in [0.1, 0.15) is 5.56 Å². The number of ether oxygens (including phenoxy) is 1. The molecular weight excluding hydrogens is 266 g/mol. The lowest BCUT2D eigenvalue weighted by atomic mass is 10.2. The number of nitrogens with two attached hydrogens (primary N) is 1. The molecule has 0 fully saturated rings. The predicted octanol–water partition coefficient (Wildman–Crippen LogP) is 1.98. The molecule has 0 bridgehead atoms. The number of tetrazole rings is 1. The number of rotatable bonds is 4. The van der Waals surface area contributed by atoms with Crippen LogP contribution in [0.4, 0.5) is 5.69 Å². The van der Waals surface area contributed by atoms with Gasteiger partial charge in [-0.15, -0.1) is 10.2 Å². The van der Waals surface area contributed by atoms with E-state index in [2.05, 4.69) is 15.4 Å². The summed E-state index contributed by atoms with van der Waals surface area (Å²) >= 11 is 0. The van der Waals surface area contributed by atoms with Gasteiger partial charge in [0.1, 0.15) is 5.75 Å². The SMILES string of the molecule is COc1ccc(Cn2nnc(-c3ccccc3)n2)cc1N. The van der Waals surface area contributed by atoms with Crippen LogP contribution in [0.2, 0.25) is 0 Å². The number of anilines is 1. The highest BCUT2D eigenvalue weighted by atomic mass is 16.5. The Balaban J connectivity index is 1.80. The molecule has 6 nitrogen and oxygen atoms in total. The van der Waals surface area contributed by atoms with Gasteiger partial charge in [-0.1, -0.05) is 36.4 Å². The summed E-state index contributed by atoms with van der Waals surface area (Å²) < 4.78 is 5.14. The molecule has 0 aliphatic carbocycles. The van der Waals surface area contributed by atoms with Gasteiger partial charge in [-0.3, -0.25) is 0 Å². The zero-order valence-corrected chi connectivity index (χ0v) is 11.6. The Morgan fingerprint density at radius 1 is 1.14 bits per heavy atom. The van der Waals surface area contributed by atoms with Crippen molar-refractivity contribution in [1.82, 2.24) is 20.2 Å². The highest BCUT2D eigenvalue weighted by molar-refractivity contribution is 5.54. The van der Waals surface area contributed by atoms with E-state index < -0.39 is 0 Å². The van der Waals surface area contributed by atoms with Crippen molar-refractivity contribution in [2.45, 2.75) is 6.54 Å². The van der Waals surface area contributed by atoms with Gasteiger partial charge in [0.25, 0.3) is 0 Å². The molecule has 0 aliphatic heterocycles. The largest absolute Gasteiger partial charge is 0.495 e. The summed E-state index contributed by atoms with van der Waals surface area (Å²) in [5.74, 6) is 1.27. The third-order valence-electron chi connectivity index (χ3n) is 3.10. The molecule has 0 radical (unpaired) electrons. The van der Waals surface area contributed by atoms with Crippen molar-refractivity contribution in [2.75, 3.05) is 12.8 Å². The van der Waals surface area contributed by atoms with Gasteiger partial charge in [-0.25, -0.2) is 0 Å². The Bertz CT molecular complexity index is 739. The van der Waals surface area contributed by atoms with Crippen LogP contribution < -0.4 is 10.5 Å². The lowest BCUT2D eigenvalue weighted by Gasteiger charge is -2.06. The number of nitrogens with zero attached hydrogens (tertiary/aromatic N) is 4. The van der Waals surface area contributed by atoms with Gasteiger partial charge in [-0.2, -0.15) is 4.80 Å². The molecule has 106 valence electrons. The summed E-state index contributed by atoms with van der Waals surface area (Å²) in [6.45, 7) is 0.508. The van der Waals surface area contributed by atoms with E-state index >= 15 is 0 Å². The van der Waals surface area contributed by atoms with Gasteiger partial charge in [0.15, 0.2) is 0 Å². The van der Waals surface area contributed by atoms with Crippen LogP contribution in [-0.2, 0) is 6.54 Å². The van der Waals surface area contributed by atoms with Crippen LogP contribution in [0.15, 0.2) is 48.5 Å². The summed E-state index contributed by atoms with van der Waals surface area (Å²) in [7, 11) is 1.59. The van der Waals surface area contributed by atoms with Crippen molar-refractivity contribution in [1.29, 1.82) is 0 Å². The van der Waals surface area contributed by atoms with E-state index in [4.69, 9.17) is 10.5 Å². The molecule has 3 aromatic rings. The normalized spacial score (nSPS) is 10.5. The molecule has 0 saturated heterocycles. The maximum absolute atomic E-state index is 5.89. The Hall–Kier alpha value is -2.89. The van der Waals surface area contributed by atoms with Crippen molar-refractivity contribution in [3.63, 3.8) is 0 Å². The second-order valence-corrected chi connectivity index (χ2v) is 4.59. The predicted molar refractivity (Wildman–Crippen MR) is 79.8 cm³/mol. The zero-order chi connectivity index (χ0) is 14.7. The summed E-state index contributed by atoms with van der Waals surface area (Å²) in [5, 5.41) is 12.5. The molecule has 2 N–H and O–H groups in total. The van der Waals surface area contributed by atoms with Crippen LogP contribution in [0.5, 0.6) is 5.75 Å². The van der Waals surface area contributed by atoms with Crippen LogP contribution in [0.3, 0.4) is 0 Å². The zero-order valence-electron chi connectivity index (χ0n) is 11.6. The Morgan fingerprint density at radius 3 is 2.67 bits per heavy atom. The molecule has 1 heterocycles. The Kier molecular flexibility index (Phi) is 3.51. The fraction of sp³-hybridized carbons (Fsp3) is 0.133. The highest BCUT2D eigenvalue weighted by Crippen LogP contribution is 2.22. The van der Waals surface area contributed by atoms with Crippen molar-refractivity contribution < 1.29 is 4.74 Å². The minimum atomic E-state index is 0.508. The number of benzene rings is 2. The molecule has 6 heteroatoms. The summed E-state index contributed by atoms with van der Waals surface area (Å²) in [6, 6.07) is 15.4. The third kappa shape index (κ3) is 2.84. The van der Waals surface area contributed by atoms with E-state index in [1.807, 2.05) is 48.5 Å². The first-order valence-corrected chi connectivity index (χ1v) is 6.52. The van der Waals surface area contributed by atoms with Gasteiger partial charge in [0.05, 0.1) is 19.3 Å². The van der Waals surface area contributed by atoms with Crippen molar-refractivity contribution in [2.24, 2.45) is 0 Å². The van der Waals surface area contributed by atoms with Gasteiger partial charge < -0.3 is 10.5 Å². The average molecular weight is 281 g/mol. The third-order valence-corrected chi connectivity index (χ3v) is 3.10. The lowest BCUT2D eigenvalue weighted by molar-refractivity contribution is 0.416. The molecule has 0 atom stereocenters. The first-order chi connectivity index (χ1) is 10.3. The molecule has 3 rings (SSSR count). The molecule has 0 spiro atoms. The van der Waals surface area contributed by atoms with Crippen molar-refractivity contribution >= 4 is 5.69 Å². The average Bonchev–Trinajstić information content (AvgIpc) is 2.97. The van der Waals surface area contributed by atoms with E-state index in [9.17, 15) is 0 Å². The van der Waals surface area contributed by atoms with Crippen molar-refractivity contribution in [3.05, 3.63) is 54.1 Å². The van der Waals surface area contributed by atoms with Crippen LogP contribution in [-0.4, -0.2) is 27.3 Å². The summed E-state index contributed by atoms with van der Waals surface area (Å²) in [5.41, 5.74) is 8.42. The molecular formula is C15H15N5O. The van der Waals surface area contributed by atoms with Gasteiger partial charge in [0, 0.05) is 5.56 Å². The number of methoxy groups -OCH3 is 1. The van der Waals surface area contributed by atoms with Gasteiger partial charge >= 0.3 is 0 Å². The lowest BCUT2D eigenvalue weighted by Crippen LogP contribution is -2.05. The molecule has 0 unspecified atom stereocenters.